The van der Waals surface area contributed by atoms with E-state index < -0.39 is 0 Å². The zero-order chi connectivity index (χ0) is 19.8. The Morgan fingerprint density at radius 3 is 2.67 bits per heavy atom. The third-order valence-corrected chi connectivity index (χ3v) is 3.63. The van der Waals surface area contributed by atoms with E-state index in [1.165, 1.54) is 0 Å². The number of ether oxygens (including phenoxy) is 2. The standard InChI is InChI=1S/C19H21N5O3/c1-5-10-21-19(25)17-18(22-12-20)23-16(24(17)2)9-7-13-6-8-14(26-3)15(11-13)27-4/h1,6,8,11,22H,10,12,20H2,2-4H3,(H,21,25). The fourth-order valence-electron chi connectivity index (χ4n) is 2.35. The van der Waals surface area contributed by atoms with Gasteiger partial charge in [0.05, 0.1) is 27.4 Å². The topological polar surface area (TPSA) is 103 Å². The molecule has 2 rings (SSSR count). The van der Waals surface area contributed by atoms with Crippen molar-refractivity contribution in [3.05, 3.63) is 35.3 Å². The van der Waals surface area contributed by atoms with Crippen molar-refractivity contribution in [3.63, 3.8) is 0 Å². The molecule has 140 valence electrons. The molecule has 27 heavy (non-hydrogen) atoms. The second-order valence-electron chi connectivity index (χ2n) is 5.28. The number of nitrogens with zero attached hydrogens (tertiary/aromatic N) is 2. The van der Waals surface area contributed by atoms with Crippen LogP contribution in [-0.4, -0.2) is 42.9 Å². The van der Waals surface area contributed by atoms with Crippen LogP contribution >= 0.6 is 0 Å². The van der Waals surface area contributed by atoms with Crippen LogP contribution in [0.25, 0.3) is 0 Å². The maximum atomic E-state index is 12.3. The fraction of sp³-hybridized carbons (Fsp3) is 0.263. The van der Waals surface area contributed by atoms with E-state index in [0.29, 0.717) is 34.4 Å². The lowest BCUT2D eigenvalue weighted by Crippen LogP contribution is -2.27. The smallest absolute Gasteiger partial charge is 0.272 e. The molecule has 4 N–H and O–H groups in total. The summed E-state index contributed by atoms with van der Waals surface area (Å²) in [7, 11) is 4.81. The van der Waals surface area contributed by atoms with Gasteiger partial charge in [-0.25, -0.2) is 4.98 Å². The molecule has 0 unspecified atom stereocenters. The molecule has 8 nitrogen and oxygen atoms in total. The van der Waals surface area contributed by atoms with Crippen molar-refractivity contribution in [1.29, 1.82) is 0 Å². The van der Waals surface area contributed by atoms with E-state index in [2.05, 4.69) is 33.4 Å². The number of anilines is 1. The number of amides is 1. The number of hydrogen-bond donors (Lipinski definition) is 3. The normalized spacial score (nSPS) is 9.59. The van der Waals surface area contributed by atoms with Crippen molar-refractivity contribution < 1.29 is 14.3 Å². The maximum Gasteiger partial charge on any atom is 0.272 e. The molecule has 1 amide bonds. The molecule has 0 radical (unpaired) electrons. The van der Waals surface area contributed by atoms with Gasteiger partial charge in [-0.3, -0.25) is 4.79 Å². The molecule has 1 aromatic heterocycles. The Kier molecular flexibility index (Phi) is 6.70. The van der Waals surface area contributed by atoms with Crippen molar-refractivity contribution in [2.45, 2.75) is 0 Å². The van der Waals surface area contributed by atoms with Crippen LogP contribution in [-0.2, 0) is 7.05 Å². The maximum absolute atomic E-state index is 12.3. The number of imidazole rings is 1. The summed E-state index contributed by atoms with van der Waals surface area (Å²) in [4.78, 5) is 16.7. The highest BCUT2D eigenvalue weighted by molar-refractivity contribution is 5.97. The van der Waals surface area contributed by atoms with Crippen LogP contribution in [0.4, 0.5) is 5.82 Å². The summed E-state index contributed by atoms with van der Waals surface area (Å²) in [5, 5.41) is 5.46. The molecule has 1 heterocycles. The van der Waals surface area contributed by atoms with Crippen LogP contribution in [0.3, 0.4) is 0 Å². The summed E-state index contributed by atoms with van der Waals surface area (Å²) >= 11 is 0. The van der Waals surface area contributed by atoms with Gasteiger partial charge in [0.15, 0.2) is 28.8 Å². The molecule has 0 saturated heterocycles. The van der Waals surface area contributed by atoms with Crippen molar-refractivity contribution in [1.82, 2.24) is 14.9 Å². The average Bonchev–Trinajstić information content (AvgIpc) is 2.99. The van der Waals surface area contributed by atoms with Gasteiger partial charge in [0.1, 0.15) is 0 Å². The first-order valence-corrected chi connectivity index (χ1v) is 8.02. The monoisotopic (exact) mass is 367 g/mol. The van der Waals surface area contributed by atoms with Gasteiger partial charge in [0.2, 0.25) is 0 Å². The summed E-state index contributed by atoms with van der Waals surface area (Å²) in [5.41, 5.74) is 6.54. The van der Waals surface area contributed by atoms with Crippen molar-refractivity contribution in [3.8, 4) is 35.7 Å². The van der Waals surface area contributed by atoms with Gasteiger partial charge < -0.3 is 30.4 Å². The average molecular weight is 367 g/mol. The Labute approximate surface area is 158 Å². The van der Waals surface area contributed by atoms with E-state index in [1.54, 1.807) is 44.0 Å². The molecule has 2 aromatic rings. The van der Waals surface area contributed by atoms with E-state index in [9.17, 15) is 4.79 Å². The van der Waals surface area contributed by atoms with Crippen LogP contribution in [0.1, 0.15) is 21.9 Å². The predicted molar refractivity (Wildman–Crippen MR) is 103 cm³/mol. The van der Waals surface area contributed by atoms with E-state index in [-0.39, 0.29) is 19.1 Å². The number of carbonyl (C=O) groups excluding carboxylic acids is 1. The first kappa shape index (κ1) is 19.7. The number of carbonyl (C=O) groups is 1. The number of benzene rings is 1. The van der Waals surface area contributed by atoms with Crippen molar-refractivity contribution in [2.75, 3.05) is 32.7 Å². The molecule has 0 bridgehead atoms. The Hall–Kier alpha value is -3.62. The Balaban J connectivity index is 2.39. The predicted octanol–water partition coefficient (Wildman–Crippen LogP) is 0.528. The summed E-state index contributed by atoms with van der Waals surface area (Å²) in [6.07, 6.45) is 5.19. The second-order valence-corrected chi connectivity index (χ2v) is 5.28. The molecule has 0 aliphatic carbocycles. The Bertz CT molecular complexity index is 931. The molecule has 0 atom stereocenters. The number of hydrogen-bond acceptors (Lipinski definition) is 6. The number of aromatic nitrogens is 2. The van der Waals surface area contributed by atoms with Crippen LogP contribution < -0.4 is 25.8 Å². The first-order chi connectivity index (χ1) is 13.0. The van der Waals surface area contributed by atoms with Crippen molar-refractivity contribution in [2.24, 2.45) is 12.8 Å². The molecule has 0 fully saturated rings. The van der Waals surface area contributed by atoms with Crippen LogP contribution in [0, 0.1) is 24.2 Å². The summed E-state index contributed by atoms with van der Waals surface area (Å²) in [6.45, 7) is 0.230. The zero-order valence-electron chi connectivity index (χ0n) is 15.4. The van der Waals surface area contributed by atoms with E-state index in [0.717, 1.165) is 0 Å². The molecule has 0 saturated carbocycles. The van der Waals surface area contributed by atoms with Gasteiger partial charge in [-0.15, -0.1) is 6.42 Å². The SMILES string of the molecule is C#CCNC(=O)c1c(NCN)nc(C#Cc2ccc(OC)c(OC)c2)n1C. The van der Waals surface area contributed by atoms with Crippen LogP contribution in [0.2, 0.25) is 0 Å². The minimum atomic E-state index is -0.363. The Morgan fingerprint density at radius 1 is 1.30 bits per heavy atom. The number of nitrogens with two attached hydrogens (primary N) is 1. The lowest BCUT2D eigenvalue weighted by atomic mass is 10.2. The summed E-state index contributed by atoms with van der Waals surface area (Å²) in [5.74, 6) is 9.87. The molecular formula is C19H21N5O3. The number of rotatable bonds is 6. The highest BCUT2D eigenvalue weighted by Gasteiger charge is 2.19. The van der Waals surface area contributed by atoms with Crippen molar-refractivity contribution >= 4 is 11.7 Å². The van der Waals surface area contributed by atoms with Crippen LogP contribution in [0.5, 0.6) is 11.5 Å². The van der Waals surface area contributed by atoms with E-state index in [1.807, 2.05) is 0 Å². The summed E-state index contributed by atoms with van der Waals surface area (Å²) in [6, 6.07) is 5.33. The second kappa shape index (κ2) is 9.18. The minimum absolute atomic E-state index is 0.110. The molecular weight excluding hydrogens is 346 g/mol. The number of nitrogens with one attached hydrogen (secondary N) is 2. The van der Waals surface area contributed by atoms with Gasteiger partial charge in [0.25, 0.3) is 5.91 Å². The third-order valence-electron chi connectivity index (χ3n) is 3.63. The Morgan fingerprint density at radius 2 is 2.04 bits per heavy atom. The third kappa shape index (κ3) is 4.51. The van der Waals surface area contributed by atoms with Gasteiger partial charge in [-0.2, -0.15) is 0 Å². The first-order valence-electron chi connectivity index (χ1n) is 8.02. The minimum Gasteiger partial charge on any atom is -0.493 e. The van der Waals surface area contributed by atoms with Gasteiger partial charge in [0, 0.05) is 12.6 Å². The largest absolute Gasteiger partial charge is 0.493 e. The lowest BCUT2D eigenvalue weighted by Gasteiger charge is -2.06. The lowest BCUT2D eigenvalue weighted by molar-refractivity contribution is 0.0951. The van der Waals surface area contributed by atoms with Crippen LogP contribution in [0.15, 0.2) is 18.2 Å². The fourth-order valence-corrected chi connectivity index (χ4v) is 2.35. The highest BCUT2D eigenvalue weighted by atomic mass is 16.5. The van der Waals surface area contributed by atoms with Gasteiger partial charge in [-0.05, 0) is 24.1 Å². The highest BCUT2D eigenvalue weighted by Crippen LogP contribution is 2.27. The van der Waals surface area contributed by atoms with Gasteiger partial charge in [-0.1, -0.05) is 11.8 Å². The molecule has 0 spiro atoms. The van der Waals surface area contributed by atoms with E-state index in [4.69, 9.17) is 21.6 Å². The molecule has 8 heteroatoms. The molecule has 1 aromatic carbocycles. The number of terminal acetylenes is 1. The summed E-state index contributed by atoms with van der Waals surface area (Å²) < 4.78 is 12.1. The van der Waals surface area contributed by atoms with E-state index >= 15 is 0 Å². The molecule has 0 aliphatic heterocycles. The van der Waals surface area contributed by atoms with Gasteiger partial charge >= 0.3 is 0 Å². The quantitative estimate of drug-likeness (QED) is 0.508. The zero-order valence-corrected chi connectivity index (χ0v) is 15.4. The molecule has 0 aliphatic rings. The number of methoxy groups -OCH3 is 2.